The molecular formula is C23H52ClNO3Si. The standard InChI is InChI=1S/C23H52NO3Si.ClH/c1-4-5-6-7-8-9-10-11-12-13-14-15-16-17-18-19-20-21-22-23-24(2,3)28(25,26)27;/h25-27H,4-23H2,1-3H3;1H/q+1;/p-1. The topological polar surface area (TPSA) is 60.7 Å². The molecule has 0 fully saturated rings. The lowest BCUT2D eigenvalue weighted by Gasteiger charge is -2.33. The second-order valence-corrected chi connectivity index (χ2v) is 11.8. The van der Waals surface area contributed by atoms with Gasteiger partial charge in [-0.3, -0.25) is 0 Å². The third-order valence-corrected chi connectivity index (χ3v) is 7.98. The van der Waals surface area contributed by atoms with E-state index < -0.39 is 8.97 Å². The van der Waals surface area contributed by atoms with Gasteiger partial charge in [-0.15, -0.1) is 0 Å². The average Bonchev–Trinajstić information content (AvgIpc) is 2.62. The van der Waals surface area contributed by atoms with Crippen molar-refractivity contribution in [2.45, 2.75) is 129 Å². The van der Waals surface area contributed by atoms with Crippen LogP contribution in [0.5, 0.6) is 0 Å². The zero-order valence-corrected chi connectivity index (χ0v) is 21.6. The number of nitrogens with zero attached hydrogens (tertiary/aromatic N) is 1. The van der Waals surface area contributed by atoms with E-state index in [9.17, 15) is 14.4 Å². The lowest BCUT2D eigenvalue weighted by Crippen LogP contribution is -3.00. The highest BCUT2D eigenvalue weighted by Crippen LogP contribution is 2.15. The molecule has 0 radical (unpaired) electrons. The first-order valence-electron chi connectivity index (χ1n) is 12.3. The summed E-state index contributed by atoms with van der Waals surface area (Å²) in [4.78, 5) is 28.3. The van der Waals surface area contributed by atoms with Crippen molar-refractivity contribution in [3.8, 4) is 0 Å². The summed E-state index contributed by atoms with van der Waals surface area (Å²) in [5.41, 5.74) is 0. The van der Waals surface area contributed by atoms with Crippen LogP contribution >= 0.6 is 0 Å². The largest absolute Gasteiger partial charge is 1.00 e. The summed E-state index contributed by atoms with van der Waals surface area (Å²) in [5, 5.41) is 0. The van der Waals surface area contributed by atoms with Crippen molar-refractivity contribution in [2.24, 2.45) is 0 Å². The normalized spacial score (nSPS) is 12.2. The molecule has 0 saturated carbocycles. The Balaban J connectivity index is 0. The summed E-state index contributed by atoms with van der Waals surface area (Å²) in [7, 11) is -0.670. The molecule has 0 aliphatic rings. The van der Waals surface area contributed by atoms with Crippen LogP contribution in [0.1, 0.15) is 129 Å². The van der Waals surface area contributed by atoms with Crippen molar-refractivity contribution in [3.63, 3.8) is 0 Å². The van der Waals surface area contributed by atoms with Crippen LogP contribution in [0.25, 0.3) is 0 Å². The fourth-order valence-electron chi connectivity index (χ4n) is 3.74. The van der Waals surface area contributed by atoms with Gasteiger partial charge in [-0.05, 0) is 12.8 Å². The predicted molar refractivity (Wildman–Crippen MR) is 123 cm³/mol. The van der Waals surface area contributed by atoms with Gasteiger partial charge in [0.05, 0.1) is 20.6 Å². The van der Waals surface area contributed by atoms with Gasteiger partial charge in [-0.25, -0.2) is 0 Å². The summed E-state index contributed by atoms with van der Waals surface area (Å²) < 4.78 is -0.0496. The molecule has 0 aromatic heterocycles. The maximum Gasteiger partial charge on any atom is 0.775 e. The molecule has 0 amide bonds. The number of halogens is 1. The van der Waals surface area contributed by atoms with E-state index in [4.69, 9.17) is 0 Å². The van der Waals surface area contributed by atoms with Crippen LogP contribution in [0.15, 0.2) is 0 Å². The Bertz CT molecular complexity index is 339. The minimum Gasteiger partial charge on any atom is -1.00 e. The van der Waals surface area contributed by atoms with Crippen molar-refractivity contribution in [3.05, 3.63) is 0 Å². The van der Waals surface area contributed by atoms with Gasteiger partial charge in [0.1, 0.15) is 0 Å². The van der Waals surface area contributed by atoms with Gasteiger partial charge >= 0.3 is 8.97 Å². The van der Waals surface area contributed by atoms with Crippen molar-refractivity contribution in [2.75, 3.05) is 20.6 Å². The van der Waals surface area contributed by atoms with Crippen molar-refractivity contribution in [1.82, 2.24) is 0 Å². The van der Waals surface area contributed by atoms with Crippen molar-refractivity contribution < 1.29 is 30.9 Å². The van der Waals surface area contributed by atoms with Crippen LogP contribution in [-0.2, 0) is 0 Å². The molecule has 0 spiro atoms. The van der Waals surface area contributed by atoms with Gasteiger partial charge in [0.2, 0.25) is 0 Å². The zero-order chi connectivity index (χ0) is 21.1. The zero-order valence-electron chi connectivity index (χ0n) is 19.8. The molecule has 0 aromatic carbocycles. The van der Waals surface area contributed by atoms with Gasteiger partial charge in [0.25, 0.3) is 0 Å². The Morgan fingerprint density at radius 3 is 0.966 bits per heavy atom. The highest BCUT2D eigenvalue weighted by Gasteiger charge is 2.51. The van der Waals surface area contributed by atoms with E-state index in [1.54, 1.807) is 14.1 Å². The average molecular weight is 454 g/mol. The number of hydrogen-bond donors (Lipinski definition) is 3. The molecule has 0 rings (SSSR count). The van der Waals surface area contributed by atoms with Gasteiger partial charge in [0, 0.05) is 0 Å². The van der Waals surface area contributed by atoms with Crippen LogP contribution in [0.4, 0.5) is 0 Å². The van der Waals surface area contributed by atoms with E-state index in [2.05, 4.69) is 6.92 Å². The van der Waals surface area contributed by atoms with Gasteiger partial charge in [-0.2, -0.15) is 0 Å². The highest BCUT2D eigenvalue weighted by molar-refractivity contribution is 6.47. The van der Waals surface area contributed by atoms with Crippen molar-refractivity contribution in [1.29, 1.82) is 0 Å². The molecule has 0 unspecified atom stereocenters. The molecule has 29 heavy (non-hydrogen) atoms. The Morgan fingerprint density at radius 2 is 0.724 bits per heavy atom. The summed E-state index contributed by atoms with van der Waals surface area (Å²) in [5.74, 6) is 0. The summed E-state index contributed by atoms with van der Waals surface area (Å²) in [6.07, 6.45) is 25.7. The monoisotopic (exact) mass is 453 g/mol. The Labute approximate surface area is 189 Å². The Kier molecular flexibility index (Phi) is 22.0. The minimum absolute atomic E-state index is 0. The van der Waals surface area contributed by atoms with E-state index in [0.29, 0.717) is 6.54 Å². The Hall–Kier alpha value is 0.347. The molecule has 178 valence electrons. The fraction of sp³-hybridized carbons (Fsp3) is 1.00. The van der Waals surface area contributed by atoms with Crippen LogP contribution in [0.2, 0.25) is 0 Å². The van der Waals surface area contributed by atoms with E-state index in [-0.39, 0.29) is 16.6 Å². The third-order valence-electron chi connectivity index (χ3n) is 6.13. The molecule has 0 bridgehead atoms. The molecule has 3 N–H and O–H groups in total. The quantitative estimate of drug-likeness (QED) is 0.185. The molecule has 0 heterocycles. The maximum atomic E-state index is 9.42. The second-order valence-electron chi connectivity index (χ2n) is 9.37. The highest BCUT2D eigenvalue weighted by atomic mass is 35.5. The van der Waals surface area contributed by atoms with Gasteiger partial charge in [0.15, 0.2) is 0 Å². The molecule has 0 saturated heterocycles. The van der Waals surface area contributed by atoms with Crippen LogP contribution < -0.4 is 12.4 Å². The van der Waals surface area contributed by atoms with Crippen LogP contribution in [-0.4, -0.2) is 48.1 Å². The SMILES string of the molecule is CCCCCCCCCCCCCCCCCCCCC[N+](C)(C)[Si](O)(O)O.[Cl-]. The Morgan fingerprint density at radius 1 is 0.483 bits per heavy atom. The lowest BCUT2D eigenvalue weighted by atomic mass is 10.0. The van der Waals surface area contributed by atoms with E-state index in [1.165, 1.54) is 109 Å². The molecule has 0 atom stereocenters. The number of unbranched alkanes of at least 4 members (excludes halogenated alkanes) is 18. The number of quaternary nitrogens is 1. The van der Waals surface area contributed by atoms with Gasteiger partial charge < -0.3 is 30.9 Å². The maximum absolute atomic E-state index is 9.42. The third kappa shape index (κ3) is 20.0. The minimum atomic E-state index is -4.06. The molecule has 6 heteroatoms. The smallest absolute Gasteiger partial charge is 0.775 e. The second kappa shape index (κ2) is 20.3. The molecule has 0 aliphatic carbocycles. The molecule has 0 aromatic rings. The summed E-state index contributed by atoms with van der Waals surface area (Å²) in [6, 6.07) is 0. The first-order chi connectivity index (χ1) is 13.3. The molecular weight excluding hydrogens is 402 g/mol. The summed E-state index contributed by atoms with van der Waals surface area (Å²) in [6.45, 7) is 2.92. The van der Waals surface area contributed by atoms with Crippen molar-refractivity contribution >= 4 is 8.97 Å². The summed E-state index contributed by atoms with van der Waals surface area (Å²) >= 11 is 0. The molecule has 0 aliphatic heterocycles. The first kappa shape index (κ1) is 31.5. The van der Waals surface area contributed by atoms with Gasteiger partial charge in [-0.1, -0.05) is 116 Å². The fourth-order valence-corrected chi connectivity index (χ4v) is 4.19. The predicted octanol–water partition coefficient (Wildman–Crippen LogP) is 2.91. The van der Waals surface area contributed by atoms with E-state index in [0.717, 1.165) is 12.8 Å². The number of hydrogen-bond acceptors (Lipinski definition) is 3. The van der Waals surface area contributed by atoms with Crippen LogP contribution in [0.3, 0.4) is 0 Å². The van der Waals surface area contributed by atoms with E-state index >= 15 is 0 Å². The molecule has 4 nitrogen and oxygen atoms in total. The number of rotatable bonds is 21. The first-order valence-corrected chi connectivity index (χ1v) is 14.1. The lowest BCUT2D eigenvalue weighted by molar-refractivity contribution is -0.818. The van der Waals surface area contributed by atoms with E-state index in [1.807, 2.05) is 0 Å². The van der Waals surface area contributed by atoms with Crippen LogP contribution in [0, 0.1) is 0 Å².